The standard InChI is InChI=1S/C23H29N5/c1-22(2)14-8-15-23(3,4)28(22)27(5)20-12-11-19(25-26-20)21-18-10-7-6-9-17(18)13-16-24-21/h6-7,9-13,16H,8,14-15H2,1-5H3. The van der Waals surface area contributed by atoms with Crippen molar-refractivity contribution in [3.63, 3.8) is 0 Å². The normalized spacial score (nSPS) is 18.9. The van der Waals surface area contributed by atoms with Gasteiger partial charge in [-0.25, -0.2) is 5.01 Å². The molecule has 0 radical (unpaired) electrons. The molecule has 5 nitrogen and oxygen atoms in total. The zero-order chi connectivity index (χ0) is 19.9. The highest BCUT2D eigenvalue weighted by Gasteiger charge is 2.44. The highest BCUT2D eigenvalue weighted by atomic mass is 15.7. The Bertz CT molecular complexity index is 956. The molecule has 0 spiro atoms. The molecule has 146 valence electrons. The molecule has 1 aromatic carbocycles. The molecule has 1 saturated heterocycles. The average molecular weight is 376 g/mol. The number of nitrogens with zero attached hydrogens (tertiary/aromatic N) is 5. The Morgan fingerprint density at radius 1 is 0.893 bits per heavy atom. The van der Waals surface area contributed by atoms with Gasteiger partial charge in [-0.15, -0.1) is 10.2 Å². The van der Waals surface area contributed by atoms with Gasteiger partial charge in [0.2, 0.25) is 0 Å². The van der Waals surface area contributed by atoms with Crippen LogP contribution in [0.15, 0.2) is 48.7 Å². The summed E-state index contributed by atoms with van der Waals surface area (Å²) in [5.41, 5.74) is 1.83. The van der Waals surface area contributed by atoms with Gasteiger partial charge in [-0.3, -0.25) is 9.99 Å². The third-order valence-corrected chi connectivity index (χ3v) is 5.92. The van der Waals surface area contributed by atoms with Crippen molar-refractivity contribution in [2.45, 2.75) is 58.0 Å². The summed E-state index contributed by atoms with van der Waals surface area (Å²) in [7, 11) is 2.09. The van der Waals surface area contributed by atoms with Crippen molar-refractivity contribution < 1.29 is 0 Å². The molecular weight excluding hydrogens is 346 g/mol. The third-order valence-electron chi connectivity index (χ3n) is 5.92. The Morgan fingerprint density at radius 2 is 1.61 bits per heavy atom. The predicted molar refractivity (Wildman–Crippen MR) is 115 cm³/mol. The lowest BCUT2D eigenvalue weighted by Crippen LogP contribution is -2.64. The van der Waals surface area contributed by atoms with Crippen LogP contribution in [0.2, 0.25) is 0 Å². The van der Waals surface area contributed by atoms with Gasteiger partial charge < -0.3 is 0 Å². The maximum Gasteiger partial charge on any atom is 0.165 e. The Hall–Kier alpha value is -2.53. The first-order valence-electron chi connectivity index (χ1n) is 10.0. The number of anilines is 1. The monoisotopic (exact) mass is 375 g/mol. The molecule has 0 amide bonds. The molecule has 0 saturated carbocycles. The van der Waals surface area contributed by atoms with Crippen LogP contribution >= 0.6 is 0 Å². The fraction of sp³-hybridized carbons (Fsp3) is 0.435. The molecule has 0 unspecified atom stereocenters. The number of hydrazine groups is 1. The fourth-order valence-corrected chi connectivity index (χ4v) is 4.85. The molecule has 1 aliphatic rings. The van der Waals surface area contributed by atoms with Crippen molar-refractivity contribution in [3.05, 3.63) is 48.7 Å². The summed E-state index contributed by atoms with van der Waals surface area (Å²) in [6.07, 6.45) is 5.43. The Kier molecular flexibility index (Phi) is 4.58. The van der Waals surface area contributed by atoms with Crippen LogP contribution in [0.25, 0.3) is 22.2 Å². The maximum atomic E-state index is 4.56. The molecule has 1 fully saturated rings. The van der Waals surface area contributed by atoms with Gasteiger partial charge in [0.1, 0.15) is 5.69 Å². The number of hydrogen-bond donors (Lipinski definition) is 0. The molecule has 0 aliphatic carbocycles. The van der Waals surface area contributed by atoms with E-state index in [4.69, 9.17) is 0 Å². The van der Waals surface area contributed by atoms with E-state index in [-0.39, 0.29) is 11.1 Å². The van der Waals surface area contributed by atoms with E-state index in [9.17, 15) is 0 Å². The lowest BCUT2D eigenvalue weighted by Gasteiger charge is -2.56. The fourth-order valence-electron chi connectivity index (χ4n) is 4.85. The summed E-state index contributed by atoms with van der Waals surface area (Å²) in [6.45, 7) is 9.25. The number of aromatic nitrogens is 3. The van der Waals surface area contributed by atoms with Crippen molar-refractivity contribution >= 4 is 16.6 Å². The lowest BCUT2D eigenvalue weighted by atomic mass is 9.81. The van der Waals surface area contributed by atoms with Crippen molar-refractivity contribution in [1.82, 2.24) is 20.2 Å². The van der Waals surface area contributed by atoms with Crippen molar-refractivity contribution in [2.75, 3.05) is 12.1 Å². The van der Waals surface area contributed by atoms with E-state index in [2.05, 4.69) is 72.1 Å². The van der Waals surface area contributed by atoms with Crippen molar-refractivity contribution in [3.8, 4) is 11.4 Å². The Labute approximate surface area is 167 Å². The predicted octanol–water partition coefficient (Wildman–Crippen LogP) is 5.09. The molecule has 28 heavy (non-hydrogen) atoms. The minimum Gasteiger partial charge on any atom is -0.290 e. The van der Waals surface area contributed by atoms with E-state index in [0.29, 0.717) is 0 Å². The summed E-state index contributed by atoms with van der Waals surface area (Å²) in [5, 5.41) is 16.0. The van der Waals surface area contributed by atoms with Crippen LogP contribution in [-0.4, -0.2) is 38.3 Å². The second kappa shape index (κ2) is 6.82. The summed E-state index contributed by atoms with van der Waals surface area (Å²) < 4.78 is 0. The topological polar surface area (TPSA) is 45.2 Å². The van der Waals surface area contributed by atoms with Gasteiger partial charge in [-0.2, -0.15) is 0 Å². The second-order valence-corrected chi connectivity index (χ2v) is 8.97. The zero-order valence-corrected chi connectivity index (χ0v) is 17.5. The van der Waals surface area contributed by atoms with E-state index in [0.717, 1.165) is 28.0 Å². The average Bonchev–Trinajstić information content (AvgIpc) is 2.66. The van der Waals surface area contributed by atoms with Crippen LogP contribution < -0.4 is 5.01 Å². The van der Waals surface area contributed by atoms with E-state index in [1.165, 1.54) is 19.3 Å². The van der Waals surface area contributed by atoms with Gasteiger partial charge in [-0.05, 0) is 70.5 Å². The molecular formula is C23H29N5. The van der Waals surface area contributed by atoms with Crippen LogP contribution in [0.1, 0.15) is 47.0 Å². The SMILES string of the molecule is CN(c1ccc(-c2nccc3ccccc23)nn1)N1C(C)(C)CCCC1(C)C. The summed E-state index contributed by atoms with van der Waals surface area (Å²) in [4.78, 5) is 4.56. The number of fused-ring (bicyclic) bond motifs is 1. The molecule has 0 atom stereocenters. The molecule has 3 aromatic rings. The van der Waals surface area contributed by atoms with Gasteiger partial charge in [0.15, 0.2) is 5.82 Å². The zero-order valence-electron chi connectivity index (χ0n) is 17.5. The highest BCUT2D eigenvalue weighted by Crippen LogP contribution is 2.40. The third kappa shape index (κ3) is 3.24. The molecule has 5 heteroatoms. The second-order valence-electron chi connectivity index (χ2n) is 8.97. The van der Waals surface area contributed by atoms with E-state index >= 15 is 0 Å². The van der Waals surface area contributed by atoms with Crippen LogP contribution in [0.4, 0.5) is 5.82 Å². The lowest BCUT2D eigenvalue weighted by molar-refractivity contribution is -0.0332. The number of piperidine rings is 1. The largest absolute Gasteiger partial charge is 0.290 e. The highest BCUT2D eigenvalue weighted by molar-refractivity contribution is 5.93. The minimum atomic E-state index is 0.0774. The van der Waals surface area contributed by atoms with Crippen molar-refractivity contribution in [2.24, 2.45) is 0 Å². The summed E-state index contributed by atoms with van der Waals surface area (Å²) >= 11 is 0. The molecule has 3 heterocycles. The van der Waals surface area contributed by atoms with Gasteiger partial charge >= 0.3 is 0 Å². The van der Waals surface area contributed by atoms with Crippen LogP contribution in [-0.2, 0) is 0 Å². The summed E-state index contributed by atoms with van der Waals surface area (Å²) in [6, 6.07) is 14.3. The van der Waals surface area contributed by atoms with E-state index in [1.54, 1.807) is 0 Å². The minimum absolute atomic E-state index is 0.0774. The van der Waals surface area contributed by atoms with E-state index < -0.39 is 0 Å². The first-order chi connectivity index (χ1) is 13.3. The van der Waals surface area contributed by atoms with Gasteiger partial charge in [-0.1, -0.05) is 24.3 Å². The van der Waals surface area contributed by atoms with Gasteiger partial charge in [0, 0.05) is 29.7 Å². The molecule has 0 N–H and O–H groups in total. The summed E-state index contributed by atoms with van der Waals surface area (Å²) in [5.74, 6) is 0.854. The number of hydrogen-bond acceptors (Lipinski definition) is 5. The molecule has 2 aromatic heterocycles. The van der Waals surface area contributed by atoms with Gasteiger partial charge in [0.05, 0.1) is 5.69 Å². The first-order valence-corrected chi connectivity index (χ1v) is 10.0. The number of pyridine rings is 1. The smallest absolute Gasteiger partial charge is 0.165 e. The van der Waals surface area contributed by atoms with Crippen LogP contribution in [0.3, 0.4) is 0 Å². The first kappa shape index (κ1) is 18.8. The van der Waals surface area contributed by atoms with E-state index in [1.807, 2.05) is 36.5 Å². The quantitative estimate of drug-likeness (QED) is 0.638. The van der Waals surface area contributed by atoms with Crippen molar-refractivity contribution in [1.29, 1.82) is 0 Å². The molecule has 1 aliphatic heterocycles. The molecule has 4 rings (SSSR count). The maximum absolute atomic E-state index is 4.56. The van der Waals surface area contributed by atoms with Crippen LogP contribution in [0, 0.1) is 0 Å². The molecule has 0 bridgehead atoms. The van der Waals surface area contributed by atoms with Gasteiger partial charge in [0.25, 0.3) is 0 Å². The Balaban J connectivity index is 1.68. The number of rotatable bonds is 3. The Morgan fingerprint density at radius 3 is 2.29 bits per heavy atom. The number of benzene rings is 1. The van der Waals surface area contributed by atoms with Crippen LogP contribution in [0.5, 0.6) is 0 Å².